The second-order valence-electron chi connectivity index (χ2n) is 11.9. The maximum atomic E-state index is 14.1. The van der Waals surface area contributed by atoms with Crippen LogP contribution in [0, 0.1) is 0 Å². The highest BCUT2D eigenvalue weighted by Gasteiger charge is 2.58. The van der Waals surface area contributed by atoms with Crippen molar-refractivity contribution in [3.63, 3.8) is 0 Å². The molecule has 0 aromatic carbocycles. The van der Waals surface area contributed by atoms with Gasteiger partial charge in [-0.25, -0.2) is 9.48 Å². The van der Waals surface area contributed by atoms with Crippen LogP contribution in [0.4, 0.5) is 10.6 Å². The van der Waals surface area contributed by atoms with E-state index in [4.69, 9.17) is 44.3 Å². The minimum absolute atomic E-state index is 0.104. The van der Waals surface area contributed by atoms with E-state index < -0.39 is 49.4 Å². The SMILES string of the molecule is C=CCC(COC)(OC[C@H]1O[C@@H](n2ncc3c(N(C(=O)O)C4CCCC4)nc(Cl)nc32)[C@@H]2OC(C)(C)O[C@@H]21)P(=O)(OCC)OCC. The second-order valence-corrected chi connectivity index (χ2v) is 14.5. The average Bonchev–Trinajstić information content (AvgIpc) is 3.77. The Morgan fingerprint density at radius 3 is 2.52 bits per heavy atom. The molecule has 0 spiro atoms. The van der Waals surface area contributed by atoms with Gasteiger partial charge in [-0.05, 0) is 52.1 Å². The largest absolute Gasteiger partial charge is 0.465 e. The van der Waals surface area contributed by atoms with Crippen LogP contribution >= 0.6 is 19.2 Å². The van der Waals surface area contributed by atoms with Gasteiger partial charge in [0.15, 0.2) is 28.8 Å². The van der Waals surface area contributed by atoms with Crippen LogP contribution in [0.15, 0.2) is 18.9 Å². The molecule has 5 atom stereocenters. The van der Waals surface area contributed by atoms with Crippen LogP contribution in [-0.4, -0.2) is 100.0 Å². The van der Waals surface area contributed by atoms with Crippen LogP contribution in [0.2, 0.25) is 5.28 Å². The van der Waals surface area contributed by atoms with Crippen molar-refractivity contribution in [2.45, 2.75) is 102 Å². The van der Waals surface area contributed by atoms with Gasteiger partial charge in [0.05, 0.1) is 38.0 Å². The Kier molecular flexibility index (Phi) is 10.8. The van der Waals surface area contributed by atoms with E-state index in [0.29, 0.717) is 5.39 Å². The molecule has 5 rings (SSSR count). The Morgan fingerprint density at radius 2 is 1.91 bits per heavy atom. The Labute approximate surface area is 272 Å². The highest BCUT2D eigenvalue weighted by molar-refractivity contribution is 7.55. The molecule has 1 amide bonds. The maximum absolute atomic E-state index is 14.1. The van der Waals surface area contributed by atoms with Gasteiger partial charge in [0.2, 0.25) is 5.28 Å². The van der Waals surface area contributed by atoms with Gasteiger partial charge >= 0.3 is 13.7 Å². The lowest BCUT2D eigenvalue weighted by Gasteiger charge is -2.38. The number of methoxy groups -OCH3 is 1. The fraction of sp³-hybridized carbons (Fsp3) is 0.724. The fourth-order valence-electron chi connectivity index (χ4n) is 6.56. The third-order valence-corrected chi connectivity index (χ3v) is 11.1. The summed E-state index contributed by atoms with van der Waals surface area (Å²) in [6.07, 6.45) is 2.43. The molecule has 1 unspecified atom stereocenters. The molecular formula is C29H43ClN5O10P. The first-order valence-electron chi connectivity index (χ1n) is 15.5. The van der Waals surface area contributed by atoms with Crippen LogP contribution < -0.4 is 4.90 Å². The highest BCUT2D eigenvalue weighted by Crippen LogP contribution is 2.62. The number of hydrogen-bond donors (Lipinski definition) is 1. The molecule has 1 aliphatic carbocycles. The minimum Gasteiger partial charge on any atom is -0.465 e. The van der Waals surface area contributed by atoms with Gasteiger partial charge < -0.3 is 37.8 Å². The zero-order valence-electron chi connectivity index (χ0n) is 26.8. The average molecular weight is 688 g/mol. The Hall–Kier alpha value is -2.20. The number of anilines is 1. The molecule has 0 radical (unpaired) electrons. The van der Waals surface area contributed by atoms with Gasteiger partial charge in [0, 0.05) is 19.6 Å². The van der Waals surface area contributed by atoms with Crippen LogP contribution in [0.5, 0.6) is 0 Å². The summed E-state index contributed by atoms with van der Waals surface area (Å²) in [5.41, 5.74) is 0.274. The van der Waals surface area contributed by atoms with Gasteiger partial charge in [-0.3, -0.25) is 9.46 Å². The first-order chi connectivity index (χ1) is 21.9. The molecular weight excluding hydrogens is 645 g/mol. The number of ether oxygens (including phenoxy) is 5. The lowest BCUT2D eigenvalue weighted by molar-refractivity contribution is -0.207. The van der Waals surface area contributed by atoms with E-state index in [9.17, 15) is 14.5 Å². The van der Waals surface area contributed by atoms with Crippen molar-refractivity contribution in [1.29, 1.82) is 0 Å². The van der Waals surface area contributed by atoms with Crippen LogP contribution in [-0.2, 0) is 37.3 Å². The minimum atomic E-state index is -3.89. The molecule has 4 heterocycles. The molecule has 2 aliphatic heterocycles. The van der Waals surface area contributed by atoms with E-state index >= 15 is 0 Å². The Morgan fingerprint density at radius 1 is 1.24 bits per heavy atom. The molecule has 2 aromatic rings. The number of rotatable bonds is 15. The predicted octanol–water partition coefficient (Wildman–Crippen LogP) is 5.53. The number of aromatic nitrogens is 4. The number of hydrogen-bond acceptors (Lipinski definition) is 12. The summed E-state index contributed by atoms with van der Waals surface area (Å²) >= 11 is 6.38. The number of fused-ring (bicyclic) bond motifs is 2. The summed E-state index contributed by atoms with van der Waals surface area (Å²) in [4.78, 5) is 22.4. The van der Waals surface area contributed by atoms with E-state index in [1.54, 1.807) is 33.8 Å². The first-order valence-corrected chi connectivity index (χ1v) is 17.4. The number of amides is 1. The number of carbonyl (C=O) groups is 1. The number of halogens is 1. The summed E-state index contributed by atoms with van der Waals surface area (Å²) < 4.78 is 58.0. The lowest BCUT2D eigenvalue weighted by atomic mass is 10.1. The fourth-order valence-corrected chi connectivity index (χ4v) is 8.81. The van der Waals surface area contributed by atoms with Gasteiger partial charge in [0.1, 0.15) is 18.3 Å². The maximum Gasteiger partial charge on any atom is 0.413 e. The van der Waals surface area contributed by atoms with E-state index in [2.05, 4.69) is 21.6 Å². The highest BCUT2D eigenvalue weighted by atomic mass is 35.5. The smallest absolute Gasteiger partial charge is 0.413 e. The predicted molar refractivity (Wildman–Crippen MR) is 167 cm³/mol. The Balaban J connectivity index is 1.50. The van der Waals surface area contributed by atoms with Gasteiger partial charge in [0.25, 0.3) is 0 Å². The summed E-state index contributed by atoms with van der Waals surface area (Å²) in [6, 6.07) is -0.233. The molecule has 256 valence electrons. The summed E-state index contributed by atoms with van der Waals surface area (Å²) in [6.45, 7) is 10.9. The van der Waals surface area contributed by atoms with Crippen LogP contribution in [0.25, 0.3) is 11.0 Å². The third-order valence-electron chi connectivity index (χ3n) is 8.34. The zero-order chi connectivity index (χ0) is 33.3. The van der Waals surface area contributed by atoms with Crippen LogP contribution in [0.3, 0.4) is 0 Å². The molecule has 2 aromatic heterocycles. The second kappa shape index (κ2) is 14.1. The van der Waals surface area contributed by atoms with E-state index in [-0.39, 0.29) is 55.6 Å². The number of nitrogens with zero attached hydrogens (tertiary/aromatic N) is 5. The molecule has 3 fully saturated rings. The third kappa shape index (κ3) is 6.58. The standard InChI is InChI=1S/C29H43ClN5O10P/c1-7-14-29(17-39-6,46(38,41-8-2)42-9-3)40-16-20-21-22(45-28(4,5)44-21)25(43-20)35-24-19(15-31-35)23(32-26(30)33-24)34(27(36)37)18-12-10-11-13-18/h7,15,18,20-22,25H,1,8-14,16-17H2,2-6H3,(H,36,37)/t20-,21-,22-,25-,29?/m1/s1. The molecule has 0 bridgehead atoms. The Bertz CT molecular complexity index is 1440. The van der Waals surface area contributed by atoms with Crippen molar-refractivity contribution < 1.29 is 47.2 Å². The van der Waals surface area contributed by atoms with Gasteiger partial charge in [-0.15, -0.1) is 6.58 Å². The zero-order valence-corrected chi connectivity index (χ0v) is 28.4. The molecule has 15 nitrogen and oxygen atoms in total. The van der Waals surface area contributed by atoms with E-state index in [0.717, 1.165) is 25.7 Å². The van der Waals surface area contributed by atoms with Crippen molar-refractivity contribution in [1.82, 2.24) is 19.7 Å². The summed E-state index contributed by atoms with van der Waals surface area (Å²) in [7, 11) is -2.41. The van der Waals surface area contributed by atoms with E-state index in [1.807, 2.05) is 0 Å². The van der Waals surface area contributed by atoms with Crippen molar-refractivity contribution in [2.75, 3.05) is 38.4 Å². The van der Waals surface area contributed by atoms with Crippen molar-refractivity contribution in [2.24, 2.45) is 0 Å². The molecule has 46 heavy (non-hydrogen) atoms. The molecule has 3 aliphatic rings. The van der Waals surface area contributed by atoms with Gasteiger partial charge in [-0.2, -0.15) is 15.1 Å². The van der Waals surface area contributed by atoms with Crippen molar-refractivity contribution >= 4 is 42.1 Å². The molecule has 1 N–H and O–H groups in total. The first kappa shape index (κ1) is 35.1. The monoisotopic (exact) mass is 687 g/mol. The normalized spacial score (nSPS) is 26.0. The quantitative estimate of drug-likeness (QED) is 0.141. The molecule has 2 saturated heterocycles. The van der Waals surface area contributed by atoms with E-state index in [1.165, 1.54) is 22.9 Å². The van der Waals surface area contributed by atoms with Crippen LogP contribution in [0.1, 0.15) is 66.0 Å². The lowest BCUT2D eigenvalue weighted by Crippen LogP contribution is -2.43. The topological polar surface area (TPSA) is 166 Å². The molecule has 1 saturated carbocycles. The van der Waals surface area contributed by atoms with Gasteiger partial charge in [-0.1, -0.05) is 18.9 Å². The summed E-state index contributed by atoms with van der Waals surface area (Å²) in [5, 5.41) is 13.5. The summed E-state index contributed by atoms with van der Waals surface area (Å²) in [5.74, 6) is -0.814. The number of carboxylic acid groups (broad SMARTS) is 1. The van der Waals surface area contributed by atoms with Crippen molar-refractivity contribution in [3.05, 3.63) is 24.1 Å². The molecule has 17 heteroatoms. The van der Waals surface area contributed by atoms with Crippen molar-refractivity contribution in [3.8, 4) is 0 Å².